The van der Waals surface area contributed by atoms with E-state index in [9.17, 15) is 9.90 Å². The number of H-pyrrole nitrogens is 1. The molecule has 14 heavy (non-hydrogen) atoms. The molecule has 1 aliphatic rings. The Kier molecular flexibility index (Phi) is 1.85. The summed E-state index contributed by atoms with van der Waals surface area (Å²) in [6.07, 6.45) is 0.425. The van der Waals surface area contributed by atoms with Gasteiger partial charge in [0.25, 0.3) is 5.91 Å². The summed E-state index contributed by atoms with van der Waals surface area (Å²) in [6, 6.07) is 0. The second-order valence-corrected chi connectivity index (χ2v) is 3.17. The topological polar surface area (TPSA) is 82.1 Å². The molecule has 1 atom stereocenters. The fourth-order valence-electron chi connectivity index (χ4n) is 1.38. The Labute approximate surface area is 80.3 Å². The van der Waals surface area contributed by atoms with E-state index in [1.165, 1.54) is 11.2 Å². The zero-order valence-corrected chi connectivity index (χ0v) is 7.85. The number of aromatic nitrogens is 3. The van der Waals surface area contributed by atoms with Crippen molar-refractivity contribution in [2.45, 2.75) is 20.1 Å². The van der Waals surface area contributed by atoms with Gasteiger partial charge in [-0.05, 0) is 19.4 Å². The summed E-state index contributed by atoms with van der Waals surface area (Å²) in [5.41, 5.74) is 1.19. The highest BCUT2D eigenvalue weighted by Crippen LogP contribution is 2.26. The third-order valence-electron chi connectivity index (χ3n) is 2.39. The van der Waals surface area contributed by atoms with Gasteiger partial charge < -0.3 is 10.1 Å². The SMILES string of the molecule is CC1=C(C)C(O)N(c2nnc[nH]2)C1=O. The number of aliphatic hydroxyl groups is 1. The van der Waals surface area contributed by atoms with Gasteiger partial charge in [-0.2, -0.15) is 0 Å². The number of anilines is 1. The van der Waals surface area contributed by atoms with E-state index < -0.39 is 6.23 Å². The highest BCUT2D eigenvalue weighted by Gasteiger charge is 2.36. The second kappa shape index (κ2) is 2.91. The number of carbonyl (C=O) groups is 1. The molecule has 1 aromatic rings. The first kappa shape index (κ1) is 8.89. The van der Waals surface area contributed by atoms with E-state index in [2.05, 4.69) is 15.2 Å². The number of nitrogens with one attached hydrogen (secondary N) is 1. The molecule has 0 radical (unpaired) electrons. The van der Waals surface area contributed by atoms with E-state index in [0.717, 1.165) is 0 Å². The quantitative estimate of drug-likeness (QED) is 0.649. The summed E-state index contributed by atoms with van der Waals surface area (Å²) in [6.45, 7) is 3.39. The van der Waals surface area contributed by atoms with Gasteiger partial charge >= 0.3 is 0 Å². The summed E-state index contributed by atoms with van der Waals surface area (Å²) in [5, 5.41) is 17.0. The van der Waals surface area contributed by atoms with Crippen LogP contribution in [0, 0.1) is 0 Å². The molecule has 2 heterocycles. The molecule has 1 amide bonds. The van der Waals surface area contributed by atoms with Crippen molar-refractivity contribution >= 4 is 11.9 Å². The maximum absolute atomic E-state index is 11.6. The minimum absolute atomic E-state index is 0.244. The monoisotopic (exact) mass is 194 g/mol. The molecule has 1 aliphatic heterocycles. The predicted octanol–water partition coefficient (Wildman–Crippen LogP) is -0.194. The van der Waals surface area contributed by atoms with E-state index in [1.807, 2.05) is 0 Å². The molecule has 0 saturated carbocycles. The van der Waals surface area contributed by atoms with E-state index in [1.54, 1.807) is 13.8 Å². The summed E-state index contributed by atoms with van der Waals surface area (Å²) in [5.74, 6) is 0.0189. The number of rotatable bonds is 1. The fourth-order valence-corrected chi connectivity index (χ4v) is 1.38. The molecule has 1 aromatic heterocycles. The lowest BCUT2D eigenvalue weighted by atomic mass is 10.2. The van der Waals surface area contributed by atoms with Gasteiger partial charge in [0.05, 0.1) is 0 Å². The predicted molar refractivity (Wildman–Crippen MR) is 48.2 cm³/mol. The molecule has 74 valence electrons. The minimum atomic E-state index is -0.935. The van der Waals surface area contributed by atoms with E-state index in [-0.39, 0.29) is 11.9 Å². The van der Waals surface area contributed by atoms with Crippen LogP contribution in [0.5, 0.6) is 0 Å². The summed E-state index contributed by atoms with van der Waals surface area (Å²) < 4.78 is 0. The van der Waals surface area contributed by atoms with Crippen LogP contribution in [-0.4, -0.2) is 32.4 Å². The summed E-state index contributed by atoms with van der Waals surface area (Å²) in [4.78, 5) is 15.5. The first-order chi connectivity index (χ1) is 6.63. The lowest BCUT2D eigenvalue weighted by Crippen LogP contribution is -2.36. The largest absolute Gasteiger partial charge is 0.369 e. The van der Waals surface area contributed by atoms with Crippen LogP contribution in [0.2, 0.25) is 0 Å². The Morgan fingerprint density at radius 2 is 2.29 bits per heavy atom. The number of hydrogen-bond donors (Lipinski definition) is 2. The molecule has 0 aliphatic carbocycles. The number of aromatic amines is 1. The average molecular weight is 194 g/mol. The number of amides is 1. The van der Waals surface area contributed by atoms with Crippen molar-refractivity contribution < 1.29 is 9.90 Å². The lowest BCUT2D eigenvalue weighted by Gasteiger charge is -2.17. The first-order valence-electron chi connectivity index (χ1n) is 4.18. The van der Waals surface area contributed by atoms with Crippen molar-refractivity contribution in [1.82, 2.24) is 15.2 Å². The maximum Gasteiger partial charge on any atom is 0.258 e. The zero-order valence-electron chi connectivity index (χ0n) is 7.85. The number of aliphatic hydroxyl groups excluding tert-OH is 1. The van der Waals surface area contributed by atoms with Crippen molar-refractivity contribution in [2.75, 3.05) is 4.90 Å². The fraction of sp³-hybridized carbons (Fsp3) is 0.375. The number of hydrogen-bond acceptors (Lipinski definition) is 4. The van der Waals surface area contributed by atoms with Crippen molar-refractivity contribution in [2.24, 2.45) is 0 Å². The maximum atomic E-state index is 11.6. The van der Waals surface area contributed by atoms with Gasteiger partial charge in [0, 0.05) is 5.57 Å². The van der Waals surface area contributed by atoms with Gasteiger partial charge in [-0.25, -0.2) is 4.90 Å². The Morgan fingerprint density at radius 3 is 2.71 bits per heavy atom. The van der Waals surface area contributed by atoms with Gasteiger partial charge in [-0.1, -0.05) is 0 Å². The third kappa shape index (κ3) is 1.04. The Hall–Kier alpha value is -1.69. The first-order valence-corrected chi connectivity index (χ1v) is 4.18. The van der Waals surface area contributed by atoms with Crippen LogP contribution >= 0.6 is 0 Å². The van der Waals surface area contributed by atoms with Gasteiger partial charge in [0.2, 0.25) is 5.95 Å². The molecule has 6 nitrogen and oxygen atoms in total. The van der Waals surface area contributed by atoms with Crippen molar-refractivity contribution in [3.05, 3.63) is 17.5 Å². The van der Waals surface area contributed by atoms with Gasteiger partial charge in [-0.15, -0.1) is 10.2 Å². The van der Waals surface area contributed by atoms with Gasteiger partial charge in [-0.3, -0.25) is 4.79 Å². The van der Waals surface area contributed by atoms with Crippen LogP contribution < -0.4 is 4.90 Å². The molecule has 2 N–H and O–H groups in total. The molecule has 0 aromatic carbocycles. The summed E-state index contributed by atoms with van der Waals surface area (Å²) in [7, 11) is 0. The van der Waals surface area contributed by atoms with Crippen LogP contribution in [0.4, 0.5) is 5.95 Å². The molecule has 0 fully saturated rings. The van der Waals surface area contributed by atoms with Crippen LogP contribution in [0.1, 0.15) is 13.8 Å². The number of nitrogens with zero attached hydrogens (tertiary/aromatic N) is 3. The normalized spacial score (nSPS) is 22.4. The highest BCUT2D eigenvalue weighted by molar-refractivity contribution is 6.08. The Balaban J connectivity index is 2.39. The molecular weight excluding hydrogens is 184 g/mol. The van der Waals surface area contributed by atoms with Crippen molar-refractivity contribution in [3.8, 4) is 0 Å². The second-order valence-electron chi connectivity index (χ2n) is 3.17. The molecule has 0 spiro atoms. The van der Waals surface area contributed by atoms with Crippen LogP contribution in [0.15, 0.2) is 17.5 Å². The van der Waals surface area contributed by atoms with E-state index in [4.69, 9.17) is 0 Å². The van der Waals surface area contributed by atoms with E-state index in [0.29, 0.717) is 11.1 Å². The van der Waals surface area contributed by atoms with Gasteiger partial charge in [0.15, 0.2) is 6.23 Å². The standard InChI is InChI=1S/C8H10N4O2/c1-4-5(2)7(14)12(6(4)13)8-9-3-10-11-8/h3,6,13H,1-2H3,(H,9,10,11). The lowest BCUT2D eigenvalue weighted by molar-refractivity contribution is -0.115. The van der Waals surface area contributed by atoms with Gasteiger partial charge in [0.1, 0.15) is 6.33 Å². The minimum Gasteiger partial charge on any atom is -0.369 e. The molecule has 6 heteroatoms. The zero-order chi connectivity index (χ0) is 10.3. The highest BCUT2D eigenvalue weighted by atomic mass is 16.3. The molecule has 0 bridgehead atoms. The van der Waals surface area contributed by atoms with Crippen LogP contribution in [0.25, 0.3) is 0 Å². The average Bonchev–Trinajstić information content (AvgIpc) is 2.73. The summed E-state index contributed by atoms with van der Waals surface area (Å²) >= 11 is 0. The molecule has 0 saturated heterocycles. The smallest absolute Gasteiger partial charge is 0.258 e. The Morgan fingerprint density at radius 1 is 1.57 bits per heavy atom. The molecular formula is C8H10N4O2. The van der Waals surface area contributed by atoms with E-state index >= 15 is 0 Å². The Bertz CT molecular complexity index is 395. The number of carbonyl (C=O) groups excluding carboxylic acids is 1. The van der Waals surface area contributed by atoms with Crippen LogP contribution in [0.3, 0.4) is 0 Å². The molecule has 1 unspecified atom stereocenters. The molecule has 2 rings (SSSR count). The third-order valence-corrected chi connectivity index (χ3v) is 2.39. The van der Waals surface area contributed by atoms with Crippen LogP contribution in [-0.2, 0) is 4.79 Å². The van der Waals surface area contributed by atoms with Crippen molar-refractivity contribution in [3.63, 3.8) is 0 Å². The van der Waals surface area contributed by atoms with Crippen molar-refractivity contribution in [1.29, 1.82) is 0 Å².